The van der Waals surface area contributed by atoms with Gasteiger partial charge >= 0.3 is 12.6 Å². The number of benzene rings is 2. The van der Waals surface area contributed by atoms with Gasteiger partial charge in [-0.1, -0.05) is 28.1 Å². The topological polar surface area (TPSA) is 64.6 Å². The molecule has 144 valence electrons. The van der Waals surface area contributed by atoms with Crippen LogP contribution < -0.4 is 10.1 Å². The summed E-state index contributed by atoms with van der Waals surface area (Å²) in [5.74, 6) is -1.36. The standard InChI is InChI=1S/C18H16BrF2NO4S/c1-11(25-16(23)10-27-13-8-6-12(19)7-9-13)17(24)22-14-4-2-3-5-15(14)26-18(20)21/h2-9,11,18H,10H2,1H3,(H,22,24). The van der Waals surface area contributed by atoms with E-state index in [1.165, 1.54) is 36.9 Å². The zero-order chi connectivity index (χ0) is 19.8. The molecule has 0 fully saturated rings. The van der Waals surface area contributed by atoms with Gasteiger partial charge in [0.15, 0.2) is 6.10 Å². The number of para-hydroxylation sites is 2. The highest BCUT2D eigenvalue weighted by Crippen LogP contribution is 2.26. The maximum absolute atomic E-state index is 12.4. The van der Waals surface area contributed by atoms with Crippen molar-refractivity contribution < 1.29 is 27.8 Å². The van der Waals surface area contributed by atoms with Crippen molar-refractivity contribution in [2.75, 3.05) is 11.1 Å². The lowest BCUT2D eigenvalue weighted by molar-refractivity contribution is -0.150. The Morgan fingerprint density at radius 3 is 2.48 bits per heavy atom. The third-order valence-electron chi connectivity index (χ3n) is 3.21. The van der Waals surface area contributed by atoms with E-state index in [1.54, 1.807) is 6.07 Å². The van der Waals surface area contributed by atoms with E-state index in [0.29, 0.717) is 0 Å². The van der Waals surface area contributed by atoms with Crippen LogP contribution >= 0.6 is 27.7 Å². The van der Waals surface area contributed by atoms with Crippen LogP contribution in [0, 0.1) is 0 Å². The lowest BCUT2D eigenvalue weighted by Gasteiger charge is -2.15. The van der Waals surface area contributed by atoms with Gasteiger partial charge < -0.3 is 14.8 Å². The number of carbonyl (C=O) groups excluding carboxylic acids is 2. The molecular formula is C18H16BrF2NO4S. The molecule has 0 saturated carbocycles. The number of alkyl halides is 2. The number of hydrogen-bond acceptors (Lipinski definition) is 5. The molecule has 1 atom stereocenters. The van der Waals surface area contributed by atoms with Crippen LogP contribution in [0.15, 0.2) is 57.9 Å². The predicted octanol–water partition coefficient (Wildman–Crippen LogP) is 4.71. The van der Waals surface area contributed by atoms with E-state index < -0.39 is 24.6 Å². The van der Waals surface area contributed by atoms with Crippen molar-refractivity contribution in [2.45, 2.75) is 24.5 Å². The number of thioether (sulfide) groups is 1. The van der Waals surface area contributed by atoms with E-state index >= 15 is 0 Å². The largest absolute Gasteiger partial charge is 0.452 e. The highest BCUT2D eigenvalue weighted by molar-refractivity contribution is 9.10. The maximum atomic E-state index is 12.4. The van der Waals surface area contributed by atoms with Crippen molar-refractivity contribution in [3.63, 3.8) is 0 Å². The van der Waals surface area contributed by atoms with Crippen LogP contribution in [-0.4, -0.2) is 30.3 Å². The van der Waals surface area contributed by atoms with Crippen LogP contribution in [-0.2, 0) is 14.3 Å². The molecular weight excluding hydrogens is 444 g/mol. The molecule has 0 aromatic heterocycles. The van der Waals surface area contributed by atoms with Gasteiger partial charge in [0.25, 0.3) is 5.91 Å². The molecule has 1 N–H and O–H groups in total. The number of hydrogen-bond donors (Lipinski definition) is 1. The summed E-state index contributed by atoms with van der Waals surface area (Å²) >= 11 is 4.60. The molecule has 1 unspecified atom stereocenters. The van der Waals surface area contributed by atoms with Crippen molar-refractivity contribution in [3.8, 4) is 5.75 Å². The SMILES string of the molecule is CC(OC(=O)CSc1ccc(Br)cc1)C(=O)Nc1ccccc1OC(F)F. The minimum Gasteiger partial charge on any atom is -0.452 e. The molecule has 0 heterocycles. The van der Waals surface area contributed by atoms with Crippen LogP contribution in [0.5, 0.6) is 5.75 Å². The number of rotatable bonds is 8. The van der Waals surface area contributed by atoms with Crippen molar-refractivity contribution in [1.82, 2.24) is 0 Å². The second-order valence-corrected chi connectivity index (χ2v) is 7.20. The number of anilines is 1. The molecule has 1 amide bonds. The Bertz CT molecular complexity index is 789. The van der Waals surface area contributed by atoms with Gasteiger partial charge in [-0.25, -0.2) is 0 Å². The molecule has 0 bridgehead atoms. The first-order valence-electron chi connectivity index (χ1n) is 7.77. The van der Waals surface area contributed by atoms with Gasteiger partial charge in [-0.05, 0) is 43.3 Å². The number of carbonyl (C=O) groups is 2. The van der Waals surface area contributed by atoms with Gasteiger partial charge in [-0.3, -0.25) is 9.59 Å². The number of halogens is 3. The van der Waals surface area contributed by atoms with Gasteiger partial charge in [0.05, 0.1) is 11.4 Å². The average Bonchev–Trinajstić information content (AvgIpc) is 2.62. The second kappa shape index (κ2) is 10.3. The van der Waals surface area contributed by atoms with Gasteiger partial charge in [0.1, 0.15) is 5.75 Å². The molecule has 0 saturated heterocycles. The Morgan fingerprint density at radius 1 is 1.15 bits per heavy atom. The Kier molecular flexibility index (Phi) is 8.05. The summed E-state index contributed by atoms with van der Waals surface area (Å²) in [5.41, 5.74) is 0.0648. The van der Waals surface area contributed by atoms with Crippen LogP contribution in [0.1, 0.15) is 6.92 Å². The first-order valence-corrected chi connectivity index (χ1v) is 9.55. The van der Waals surface area contributed by atoms with Gasteiger partial charge in [-0.15, -0.1) is 11.8 Å². The van der Waals surface area contributed by atoms with Crippen molar-refractivity contribution in [3.05, 3.63) is 53.0 Å². The van der Waals surface area contributed by atoms with Gasteiger partial charge in [-0.2, -0.15) is 8.78 Å². The number of nitrogens with one attached hydrogen (secondary N) is 1. The lowest BCUT2D eigenvalue weighted by Crippen LogP contribution is -2.30. The Balaban J connectivity index is 1.86. The molecule has 0 spiro atoms. The normalized spacial score (nSPS) is 11.7. The Hall–Kier alpha value is -2.13. The lowest BCUT2D eigenvalue weighted by atomic mass is 10.2. The summed E-state index contributed by atoms with van der Waals surface area (Å²) in [6.45, 7) is -1.62. The van der Waals surface area contributed by atoms with E-state index in [0.717, 1.165) is 9.37 Å². The van der Waals surface area contributed by atoms with Crippen LogP contribution in [0.4, 0.5) is 14.5 Å². The summed E-state index contributed by atoms with van der Waals surface area (Å²) in [6.07, 6.45) is -1.09. The molecule has 2 aromatic rings. The smallest absolute Gasteiger partial charge is 0.387 e. The third-order valence-corrected chi connectivity index (χ3v) is 4.72. The minimum atomic E-state index is -3.02. The number of ether oxygens (including phenoxy) is 2. The molecule has 0 aliphatic heterocycles. The fourth-order valence-corrected chi connectivity index (χ4v) is 2.91. The van der Waals surface area contributed by atoms with Crippen LogP contribution in [0.25, 0.3) is 0 Å². The first kappa shape index (κ1) is 21.2. The Labute approximate surface area is 167 Å². The third kappa shape index (κ3) is 7.18. The zero-order valence-electron chi connectivity index (χ0n) is 14.2. The monoisotopic (exact) mass is 459 g/mol. The second-order valence-electron chi connectivity index (χ2n) is 5.24. The quantitative estimate of drug-likeness (QED) is 0.457. The molecule has 0 aliphatic rings. The van der Waals surface area contributed by atoms with Crippen molar-refractivity contribution in [1.29, 1.82) is 0 Å². The molecule has 2 rings (SSSR count). The summed E-state index contributed by atoms with van der Waals surface area (Å²) in [5, 5.41) is 2.41. The molecule has 5 nitrogen and oxygen atoms in total. The van der Waals surface area contributed by atoms with E-state index in [-0.39, 0.29) is 17.2 Å². The van der Waals surface area contributed by atoms with Gasteiger partial charge in [0.2, 0.25) is 0 Å². The van der Waals surface area contributed by atoms with Crippen molar-refractivity contribution >= 4 is 45.3 Å². The summed E-state index contributed by atoms with van der Waals surface area (Å²) < 4.78 is 35.2. The van der Waals surface area contributed by atoms with E-state index in [2.05, 4.69) is 26.0 Å². The first-order chi connectivity index (χ1) is 12.8. The van der Waals surface area contributed by atoms with E-state index in [4.69, 9.17) is 4.74 Å². The fourth-order valence-electron chi connectivity index (χ4n) is 1.96. The molecule has 0 aliphatic carbocycles. The van der Waals surface area contributed by atoms with Crippen molar-refractivity contribution in [2.24, 2.45) is 0 Å². The molecule has 2 aromatic carbocycles. The molecule has 0 radical (unpaired) electrons. The van der Waals surface area contributed by atoms with E-state index in [1.807, 2.05) is 24.3 Å². The number of esters is 1. The summed E-state index contributed by atoms with van der Waals surface area (Å²) in [4.78, 5) is 24.9. The summed E-state index contributed by atoms with van der Waals surface area (Å²) in [6, 6.07) is 13.2. The zero-order valence-corrected chi connectivity index (χ0v) is 16.6. The van der Waals surface area contributed by atoms with Gasteiger partial charge in [0, 0.05) is 9.37 Å². The van der Waals surface area contributed by atoms with Crippen LogP contribution in [0.3, 0.4) is 0 Å². The highest BCUT2D eigenvalue weighted by Gasteiger charge is 2.20. The summed E-state index contributed by atoms with van der Waals surface area (Å²) in [7, 11) is 0. The highest BCUT2D eigenvalue weighted by atomic mass is 79.9. The average molecular weight is 460 g/mol. The predicted molar refractivity (Wildman–Crippen MR) is 102 cm³/mol. The molecule has 27 heavy (non-hydrogen) atoms. The Morgan fingerprint density at radius 2 is 1.81 bits per heavy atom. The molecule has 9 heteroatoms. The maximum Gasteiger partial charge on any atom is 0.387 e. The minimum absolute atomic E-state index is 0.0321. The van der Waals surface area contributed by atoms with Crippen LogP contribution in [0.2, 0.25) is 0 Å². The number of amides is 1. The fraction of sp³-hybridized carbons (Fsp3) is 0.222. The van der Waals surface area contributed by atoms with E-state index in [9.17, 15) is 18.4 Å².